The number of hydrogen-bond acceptors (Lipinski definition) is 1. The Kier molecular flexibility index (Phi) is 2.89. The molecule has 0 bridgehead atoms. The monoisotopic (exact) mass is 249 g/mol. The Morgan fingerprint density at radius 3 is 2.72 bits per heavy atom. The van der Waals surface area contributed by atoms with Gasteiger partial charge >= 0.3 is 5.97 Å². The zero-order valence-electron chi connectivity index (χ0n) is 10.7. The Morgan fingerprint density at radius 1 is 1.44 bits per heavy atom. The number of carboxylic acids is 1. The van der Waals surface area contributed by atoms with E-state index in [2.05, 4.69) is 0 Å². The quantitative estimate of drug-likeness (QED) is 0.908. The number of carbonyl (C=O) groups is 1. The van der Waals surface area contributed by atoms with Crippen molar-refractivity contribution in [2.75, 3.05) is 0 Å². The van der Waals surface area contributed by atoms with Crippen molar-refractivity contribution in [3.63, 3.8) is 0 Å². The van der Waals surface area contributed by atoms with Crippen LogP contribution in [0.5, 0.6) is 0 Å². The van der Waals surface area contributed by atoms with Gasteiger partial charge in [-0.3, -0.25) is 4.79 Å². The molecule has 0 saturated heterocycles. The molecule has 0 aliphatic carbocycles. The maximum absolute atomic E-state index is 13.7. The first kappa shape index (κ1) is 12.6. The number of halogens is 1. The van der Waals surface area contributed by atoms with Crippen molar-refractivity contribution in [1.29, 1.82) is 0 Å². The van der Waals surface area contributed by atoms with Gasteiger partial charge in [0.1, 0.15) is 5.82 Å². The number of aliphatic carboxylic acids is 1. The van der Waals surface area contributed by atoms with Crippen LogP contribution in [0.1, 0.15) is 19.4 Å². The number of aryl methyl sites for hydroxylation is 1. The fourth-order valence-electron chi connectivity index (χ4n) is 2.19. The normalized spacial score (nSPS) is 12.0. The van der Waals surface area contributed by atoms with E-state index in [9.17, 15) is 9.18 Å². The summed E-state index contributed by atoms with van der Waals surface area (Å²) in [5, 5.41) is 9.94. The summed E-state index contributed by atoms with van der Waals surface area (Å²) in [4.78, 5) is 11.2. The fourth-order valence-corrected chi connectivity index (χ4v) is 2.19. The predicted molar refractivity (Wildman–Crippen MR) is 68.0 cm³/mol. The van der Waals surface area contributed by atoms with Gasteiger partial charge in [0, 0.05) is 18.6 Å². The van der Waals surface area contributed by atoms with Crippen LogP contribution in [0.4, 0.5) is 4.39 Å². The first-order valence-electron chi connectivity index (χ1n) is 5.79. The summed E-state index contributed by atoms with van der Waals surface area (Å²) >= 11 is 0. The maximum atomic E-state index is 13.7. The zero-order chi connectivity index (χ0) is 13.5. The summed E-state index contributed by atoms with van der Waals surface area (Å²) in [6.07, 6.45) is 2.18. The van der Waals surface area contributed by atoms with E-state index in [1.165, 1.54) is 6.07 Å². The second kappa shape index (κ2) is 4.12. The first-order chi connectivity index (χ1) is 8.33. The summed E-state index contributed by atoms with van der Waals surface area (Å²) in [6, 6.07) is 4.88. The third kappa shape index (κ3) is 1.98. The molecule has 4 heteroatoms. The summed E-state index contributed by atoms with van der Waals surface area (Å²) in [5.74, 6) is -1.13. The molecule has 0 atom stereocenters. The number of para-hydroxylation sites is 1. The van der Waals surface area contributed by atoms with Gasteiger partial charge in [-0.05, 0) is 31.9 Å². The standard InChI is InChI=1S/C14H16FNO2/c1-14(2,13(17)18)7-9-8-16(3)12-10(9)5-4-6-11(12)15/h4-6,8H,7H2,1-3H3,(H,17,18). The molecule has 0 aliphatic heterocycles. The smallest absolute Gasteiger partial charge is 0.309 e. The topological polar surface area (TPSA) is 42.2 Å². The van der Waals surface area contributed by atoms with E-state index in [1.54, 1.807) is 37.7 Å². The number of aromatic nitrogens is 1. The number of nitrogens with zero attached hydrogens (tertiary/aromatic N) is 1. The van der Waals surface area contributed by atoms with E-state index in [-0.39, 0.29) is 5.82 Å². The van der Waals surface area contributed by atoms with Gasteiger partial charge in [-0.1, -0.05) is 12.1 Å². The van der Waals surface area contributed by atoms with Crippen molar-refractivity contribution in [3.05, 3.63) is 35.8 Å². The Labute approximate surface area is 105 Å². The van der Waals surface area contributed by atoms with Crippen LogP contribution >= 0.6 is 0 Å². The van der Waals surface area contributed by atoms with Gasteiger partial charge in [0.05, 0.1) is 10.9 Å². The van der Waals surface area contributed by atoms with Crippen molar-refractivity contribution in [2.24, 2.45) is 12.5 Å². The molecule has 1 N–H and O–H groups in total. The van der Waals surface area contributed by atoms with Crippen LogP contribution in [0.3, 0.4) is 0 Å². The Morgan fingerprint density at radius 2 is 2.11 bits per heavy atom. The molecule has 3 nitrogen and oxygen atoms in total. The van der Waals surface area contributed by atoms with Crippen LogP contribution in [0.2, 0.25) is 0 Å². The van der Waals surface area contributed by atoms with E-state index in [0.717, 1.165) is 10.9 Å². The van der Waals surface area contributed by atoms with Gasteiger partial charge in [0.15, 0.2) is 0 Å². The van der Waals surface area contributed by atoms with E-state index < -0.39 is 11.4 Å². The third-order valence-electron chi connectivity index (χ3n) is 3.25. The van der Waals surface area contributed by atoms with Crippen LogP contribution in [-0.2, 0) is 18.3 Å². The summed E-state index contributed by atoms with van der Waals surface area (Å²) in [5.41, 5.74) is 0.522. The van der Waals surface area contributed by atoms with E-state index >= 15 is 0 Å². The number of carboxylic acid groups (broad SMARTS) is 1. The van der Waals surface area contributed by atoms with Crippen molar-refractivity contribution in [2.45, 2.75) is 20.3 Å². The van der Waals surface area contributed by atoms with Crippen LogP contribution in [0.25, 0.3) is 10.9 Å². The third-order valence-corrected chi connectivity index (χ3v) is 3.25. The van der Waals surface area contributed by atoms with Gasteiger partial charge in [0.2, 0.25) is 0 Å². The molecule has 0 unspecified atom stereocenters. The average Bonchev–Trinajstić information content (AvgIpc) is 2.56. The highest BCUT2D eigenvalue weighted by molar-refractivity contribution is 5.85. The second-order valence-corrected chi connectivity index (χ2v) is 5.27. The summed E-state index contributed by atoms with van der Waals surface area (Å²) < 4.78 is 15.4. The van der Waals surface area contributed by atoms with Crippen LogP contribution in [-0.4, -0.2) is 15.6 Å². The Bertz CT molecular complexity index is 614. The molecule has 2 aromatic rings. The van der Waals surface area contributed by atoms with E-state index in [4.69, 9.17) is 5.11 Å². The number of fused-ring (bicyclic) bond motifs is 1. The highest BCUT2D eigenvalue weighted by Crippen LogP contribution is 2.29. The lowest BCUT2D eigenvalue weighted by Crippen LogP contribution is -2.26. The molecular weight excluding hydrogens is 233 g/mol. The SMILES string of the molecule is Cn1cc(CC(C)(C)C(=O)O)c2cccc(F)c21. The summed E-state index contributed by atoms with van der Waals surface area (Å²) in [7, 11) is 1.77. The van der Waals surface area contributed by atoms with Gasteiger partial charge in [-0.15, -0.1) is 0 Å². The molecule has 0 spiro atoms. The highest BCUT2D eigenvalue weighted by Gasteiger charge is 2.28. The molecule has 18 heavy (non-hydrogen) atoms. The molecule has 1 aromatic carbocycles. The number of benzene rings is 1. The Balaban J connectivity index is 2.54. The maximum Gasteiger partial charge on any atom is 0.309 e. The molecule has 0 fully saturated rings. The lowest BCUT2D eigenvalue weighted by Gasteiger charge is -2.18. The minimum Gasteiger partial charge on any atom is -0.481 e. The minimum absolute atomic E-state index is 0.283. The van der Waals surface area contributed by atoms with Gasteiger partial charge < -0.3 is 9.67 Å². The lowest BCUT2D eigenvalue weighted by atomic mass is 9.86. The molecule has 1 heterocycles. The fraction of sp³-hybridized carbons (Fsp3) is 0.357. The van der Waals surface area contributed by atoms with Crippen LogP contribution < -0.4 is 0 Å². The predicted octanol–water partition coefficient (Wildman–Crippen LogP) is 2.97. The molecule has 96 valence electrons. The molecule has 0 saturated carbocycles. The zero-order valence-corrected chi connectivity index (χ0v) is 10.7. The van der Waals surface area contributed by atoms with Crippen LogP contribution in [0, 0.1) is 11.2 Å². The largest absolute Gasteiger partial charge is 0.481 e. The number of rotatable bonds is 3. The minimum atomic E-state index is -0.861. The van der Waals surface area contributed by atoms with Gasteiger partial charge in [-0.2, -0.15) is 0 Å². The van der Waals surface area contributed by atoms with Crippen molar-refractivity contribution >= 4 is 16.9 Å². The molecule has 0 aliphatic rings. The highest BCUT2D eigenvalue weighted by atomic mass is 19.1. The van der Waals surface area contributed by atoms with Gasteiger partial charge in [0.25, 0.3) is 0 Å². The van der Waals surface area contributed by atoms with E-state index in [1.807, 2.05) is 6.07 Å². The lowest BCUT2D eigenvalue weighted by molar-refractivity contribution is -0.146. The van der Waals surface area contributed by atoms with Crippen molar-refractivity contribution in [3.8, 4) is 0 Å². The van der Waals surface area contributed by atoms with Crippen molar-refractivity contribution in [1.82, 2.24) is 4.57 Å². The molecule has 0 radical (unpaired) electrons. The summed E-state index contributed by atoms with van der Waals surface area (Å²) in [6.45, 7) is 3.35. The Hall–Kier alpha value is -1.84. The second-order valence-electron chi connectivity index (χ2n) is 5.27. The molecular formula is C14H16FNO2. The van der Waals surface area contributed by atoms with Crippen LogP contribution in [0.15, 0.2) is 24.4 Å². The molecule has 0 amide bonds. The van der Waals surface area contributed by atoms with Gasteiger partial charge in [-0.25, -0.2) is 4.39 Å². The van der Waals surface area contributed by atoms with E-state index in [0.29, 0.717) is 11.9 Å². The average molecular weight is 249 g/mol. The van der Waals surface area contributed by atoms with Crippen molar-refractivity contribution < 1.29 is 14.3 Å². The molecule has 2 rings (SSSR count). The molecule has 1 aromatic heterocycles. The first-order valence-corrected chi connectivity index (χ1v) is 5.79. The number of hydrogen-bond donors (Lipinski definition) is 1.